The summed E-state index contributed by atoms with van der Waals surface area (Å²) in [6, 6.07) is 13.5. The molecule has 22 heavy (non-hydrogen) atoms. The number of nitrogens with zero attached hydrogens (tertiary/aromatic N) is 2. The molecule has 0 amide bonds. The molecular formula is C16H18N2O4. The Labute approximate surface area is 129 Å². The lowest BCUT2D eigenvalue weighted by atomic mass is 9.91. The maximum atomic E-state index is 8.57. The Hall–Kier alpha value is -1.96. The van der Waals surface area contributed by atoms with E-state index in [2.05, 4.69) is 0 Å². The van der Waals surface area contributed by atoms with Crippen LogP contribution in [0.25, 0.3) is 0 Å². The summed E-state index contributed by atoms with van der Waals surface area (Å²) in [5, 5.41) is 17.1. The molecule has 0 aliphatic carbocycles. The van der Waals surface area contributed by atoms with E-state index in [4.69, 9.17) is 29.5 Å². The maximum Gasteiger partial charge on any atom is 0.183 e. The van der Waals surface area contributed by atoms with Gasteiger partial charge in [-0.1, -0.05) is 30.3 Å². The summed E-state index contributed by atoms with van der Waals surface area (Å²) in [5.41, 5.74) is 0.450. The monoisotopic (exact) mass is 302 g/mol. The average molecular weight is 302 g/mol. The fourth-order valence-corrected chi connectivity index (χ4v) is 2.23. The molecule has 0 saturated carbocycles. The summed E-state index contributed by atoms with van der Waals surface area (Å²) in [5.74, 6) is 0. The second kappa shape index (κ2) is 8.47. The van der Waals surface area contributed by atoms with Crippen LogP contribution in [-0.2, 0) is 18.9 Å². The zero-order valence-electron chi connectivity index (χ0n) is 12.2. The average Bonchev–Trinajstić information content (AvgIpc) is 2.57. The van der Waals surface area contributed by atoms with Crippen LogP contribution in [0.1, 0.15) is 11.9 Å². The van der Waals surface area contributed by atoms with Crippen LogP contribution in [0, 0.1) is 28.1 Å². The van der Waals surface area contributed by atoms with Gasteiger partial charge in [0, 0.05) is 5.56 Å². The molecular weight excluding hydrogens is 284 g/mol. The van der Waals surface area contributed by atoms with Gasteiger partial charge in [-0.2, -0.15) is 10.5 Å². The van der Waals surface area contributed by atoms with Crippen LogP contribution in [0.2, 0.25) is 0 Å². The molecule has 6 nitrogen and oxygen atoms in total. The normalized spacial score (nSPS) is 17.5. The third-order valence-electron chi connectivity index (χ3n) is 3.30. The molecule has 1 heterocycles. The molecule has 116 valence electrons. The fraction of sp³-hybridized carbons (Fsp3) is 0.500. The van der Waals surface area contributed by atoms with E-state index in [-0.39, 0.29) is 26.4 Å². The van der Waals surface area contributed by atoms with E-state index in [9.17, 15) is 0 Å². The van der Waals surface area contributed by atoms with Crippen LogP contribution in [0.4, 0.5) is 0 Å². The van der Waals surface area contributed by atoms with E-state index < -0.39 is 11.7 Å². The first kappa shape index (κ1) is 16.4. The first-order valence-electron chi connectivity index (χ1n) is 6.97. The van der Waals surface area contributed by atoms with Crippen molar-refractivity contribution in [3.8, 4) is 12.1 Å². The highest BCUT2D eigenvalue weighted by molar-refractivity contribution is 5.16. The van der Waals surface area contributed by atoms with Crippen molar-refractivity contribution in [2.75, 3.05) is 39.6 Å². The molecule has 0 radical (unpaired) electrons. The molecule has 2 rings (SSSR count). The molecule has 0 spiro atoms. The van der Waals surface area contributed by atoms with E-state index in [1.165, 1.54) is 0 Å². The van der Waals surface area contributed by atoms with Crippen molar-refractivity contribution in [3.63, 3.8) is 0 Å². The van der Waals surface area contributed by atoms with Crippen molar-refractivity contribution in [1.82, 2.24) is 0 Å². The Morgan fingerprint density at radius 3 is 2.05 bits per heavy atom. The molecule has 1 aromatic carbocycles. The van der Waals surface area contributed by atoms with Crippen molar-refractivity contribution in [3.05, 3.63) is 35.9 Å². The van der Waals surface area contributed by atoms with Crippen molar-refractivity contribution in [2.24, 2.45) is 5.41 Å². The van der Waals surface area contributed by atoms with Gasteiger partial charge in [0.05, 0.1) is 44.0 Å². The molecule has 0 aromatic heterocycles. The molecule has 1 aromatic rings. The first-order chi connectivity index (χ1) is 10.8. The van der Waals surface area contributed by atoms with Gasteiger partial charge in [0.15, 0.2) is 6.29 Å². The van der Waals surface area contributed by atoms with Crippen molar-refractivity contribution in [1.29, 1.82) is 10.5 Å². The van der Waals surface area contributed by atoms with E-state index in [1.54, 1.807) is 0 Å². The Morgan fingerprint density at radius 2 is 1.55 bits per heavy atom. The summed E-state index contributed by atoms with van der Waals surface area (Å²) >= 11 is 0. The summed E-state index contributed by atoms with van der Waals surface area (Å²) < 4.78 is 22.2. The highest BCUT2D eigenvalue weighted by Crippen LogP contribution is 2.32. The number of hydrogen-bond donors (Lipinski definition) is 0. The molecule has 1 fully saturated rings. The van der Waals surface area contributed by atoms with Crippen molar-refractivity contribution in [2.45, 2.75) is 6.29 Å². The highest BCUT2D eigenvalue weighted by atomic mass is 16.7. The van der Waals surface area contributed by atoms with Crippen LogP contribution in [0.15, 0.2) is 30.3 Å². The fourth-order valence-electron chi connectivity index (χ4n) is 2.23. The zero-order valence-corrected chi connectivity index (χ0v) is 12.2. The summed E-state index contributed by atoms with van der Waals surface area (Å²) in [7, 11) is 0. The van der Waals surface area contributed by atoms with Crippen LogP contribution in [-0.4, -0.2) is 39.6 Å². The number of benzene rings is 1. The van der Waals surface area contributed by atoms with E-state index >= 15 is 0 Å². The van der Waals surface area contributed by atoms with Crippen LogP contribution >= 0.6 is 0 Å². The highest BCUT2D eigenvalue weighted by Gasteiger charge is 2.38. The Bertz CT molecular complexity index is 505. The third kappa shape index (κ3) is 4.52. The van der Waals surface area contributed by atoms with E-state index in [0.717, 1.165) is 5.56 Å². The quantitative estimate of drug-likeness (QED) is 0.714. The Morgan fingerprint density at radius 1 is 1.00 bits per heavy atom. The minimum atomic E-state index is -0.501. The van der Waals surface area contributed by atoms with Gasteiger partial charge in [-0.05, 0) is 0 Å². The van der Waals surface area contributed by atoms with Gasteiger partial charge >= 0.3 is 0 Å². The number of rotatable bonds is 7. The third-order valence-corrected chi connectivity index (χ3v) is 3.30. The molecule has 0 unspecified atom stereocenters. The summed E-state index contributed by atoms with van der Waals surface area (Å²) in [4.78, 5) is 0. The molecule has 0 atom stereocenters. The van der Waals surface area contributed by atoms with E-state index in [0.29, 0.717) is 13.2 Å². The predicted octanol–water partition coefficient (Wildman–Crippen LogP) is 1.80. The first-order valence-corrected chi connectivity index (χ1v) is 6.97. The molecule has 6 heteroatoms. The lowest BCUT2D eigenvalue weighted by molar-refractivity contribution is -0.253. The minimum Gasteiger partial charge on any atom is -0.366 e. The van der Waals surface area contributed by atoms with Gasteiger partial charge in [0.25, 0.3) is 0 Å². The molecule has 1 aliphatic heterocycles. The van der Waals surface area contributed by atoms with Crippen LogP contribution in [0.5, 0.6) is 0 Å². The smallest absolute Gasteiger partial charge is 0.183 e. The number of hydrogen-bond acceptors (Lipinski definition) is 6. The predicted molar refractivity (Wildman–Crippen MR) is 76.4 cm³/mol. The maximum absolute atomic E-state index is 8.57. The largest absolute Gasteiger partial charge is 0.366 e. The van der Waals surface area contributed by atoms with Gasteiger partial charge in [0.2, 0.25) is 0 Å². The summed E-state index contributed by atoms with van der Waals surface area (Å²) in [6.07, 6.45) is -0.416. The van der Waals surface area contributed by atoms with Gasteiger partial charge < -0.3 is 18.9 Å². The molecule has 1 aliphatic rings. The van der Waals surface area contributed by atoms with Crippen LogP contribution in [0.3, 0.4) is 0 Å². The Balaban J connectivity index is 1.94. The lowest BCUT2D eigenvalue weighted by Crippen LogP contribution is -2.46. The Kier molecular flexibility index (Phi) is 6.32. The van der Waals surface area contributed by atoms with Gasteiger partial charge in [-0.3, -0.25) is 0 Å². The topological polar surface area (TPSA) is 84.5 Å². The zero-order chi connectivity index (χ0) is 15.7. The summed E-state index contributed by atoms with van der Waals surface area (Å²) in [6.45, 7) is 1.33. The standard InChI is InChI=1S/C16H18N2O4/c17-6-8-19-10-16(11-20-9-7-18)12-21-15(22-13-16)14-4-2-1-3-5-14/h1-5,15H,8-13H2. The van der Waals surface area contributed by atoms with Crippen molar-refractivity contribution < 1.29 is 18.9 Å². The van der Waals surface area contributed by atoms with Crippen LogP contribution < -0.4 is 0 Å². The molecule has 0 bridgehead atoms. The number of nitriles is 2. The SMILES string of the molecule is N#CCOCC1(COCC#N)COC(c2ccccc2)OC1. The number of ether oxygens (including phenoxy) is 4. The second-order valence-electron chi connectivity index (χ2n) is 5.17. The minimum absolute atomic E-state index is 0.00210. The van der Waals surface area contributed by atoms with E-state index in [1.807, 2.05) is 42.5 Å². The lowest BCUT2D eigenvalue weighted by Gasteiger charge is -2.39. The van der Waals surface area contributed by atoms with Crippen molar-refractivity contribution >= 4 is 0 Å². The molecule has 0 N–H and O–H groups in total. The van der Waals surface area contributed by atoms with Gasteiger partial charge in [-0.15, -0.1) is 0 Å². The van der Waals surface area contributed by atoms with Gasteiger partial charge in [0.1, 0.15) is 13.2 Å². The van der Waals surface area contributed by atoms with Gasteiger partial charge in [-0.25, -0.2) is 0 Å². The molecule has 1 saturated heterocycles. The second-order valence-corrected chi connectivity index (χ2v) is 5.17.